The number of hydrogen-bond donors (Lipinski definition) is 2. The average Bonchev–Trinajstić information content (AvgIpc) is 2.46. The molecule has 0 aromatic heterocycles. The molecule has 1 aliphatic heterocycles. The number of carbonyl (C=O) groups is 1. The topological polar surface area (TPSA) is 98.5 Å². The summed E-state index contributed by atoms with van der Waals surface area (Å²) in [5, 5.41) is 7.77. The first-order valence-electron chi connectivity index (χ1n) is 6.95. The monoisotopic (exact) mass is 312 g/mol. The molecule has 2 rings (SSSR count). The van der Waals surface area contributed by atoms with Crippen LogP contribution in [0, 0.1) is 5.92 Å². The van der Waals surface area contributed by atoms with Crippen LogP contribution in [-0.2, 0) is 19.6 Å². The Morgan fingerprint density at radius 2 is 1.86 bits per heavy atom. The Balaban J connectivity index is 1.82. The maximum atomic E-state index is 11.9. The van der Waals surface area contributed by atoms with E-state index in [4.69, 9.17) is 9.88 Å². The van der Waals surface area contributed by atoms with Crippen molar-refractivity contribution in [2.45, 2.75) is 30.6 Å². The Morgan fingerprint density at radius 3 is 2.43 bits per heavy atom. The molecule has 1 fully saturated rings. The normalized spacial score (nSPS) is 16.6. The van der Waals surface area contributed by atoms with Crippen molar-refractivity contribution in [2.75, 3.05) is 18.5 Å². The van der Waals surface area contributed by atoms with Gasteiger partial charge in [-0.1, -0.05) is 0 Å². The van der Waals surface area contributed by atoms with Gasteiger partial charge in [-0.05, 0) is 49.4 Å². The van der Waals surface area contributed by atoms with Crippen molar-refractivity contribution in [3.63, 3.8) is 0 Å². The second-order valence-corrected chi connectivity index (χ2v) is 6.77. The average molecular weight is 312 g/mol. The number of hydrogen-bond acceptors (Lipinski definition) is 4. The minimum absolute atomic E-state index is 0.0303. The van der Waals surface area contributed by atoms with Crippen LogP contribution in [0.4, 0.5) is 5.69 Å². The molecule has 7 heteroatoms. The second kappa shape index (κ2) is 7.02. The first-order valence-corrected chi connectivity index (χ1v) is 8.50. The number of nitrogens with two attached hydrogens (primary N) is 1. The van der Waals surface area contributed by atoms with Crippen LogP contribution in [-0.4, -0.2) is 27.5 Å². The highest BCUT2D eigenvalue weighted by Gasteiger charge is 2.15. The maximum absolute atomic E-state index is 11.9. The second-order valence-electron chi connectivity index (χ2n) is 5.21. The third-order valence-corrected chi connectivity index (χ3v) is 4.52. The summed E-state index contributed by atoms with van der Waals surface area (Å²) in [4.78, 5) is 11.9. The molecule has 0 atom stereocenters. The Kier molecular flexibility index (Phi) is 5.33. The van der Waals surface area contributed by atoms with E-state index in [2.05, 4.69) is 5.32 Å². The van der Waals surface area contributed by atoms with E-state index >= 15 is 0 Å². The number of amides is 1. The van der Waals surface area contributed by atoms with Gasteiger partial charge in [-0.2, -0.15) is 0 Å². The fourth-order valence-electron chi connectivity index (χ4n) is 2.32. The van der Waals surface area contributed by atoms with Crippen molar-refractivity contribution < 1.29 is 17.9 Å². The summed E-state index contributed by atoms with van der Waals surface area (Å²) in [6.07, 6.45) is 3.33. The predicted molar refractivity (Wildman–Crippen MR) is 79.2 cm³/mol. The van der Waals surface area contributed by atoms with Gasteiger partial charge in [-0.15, -0.1) is 0 Å². The molecule has 1 aromatic carbocycles. The lowest BCUT2D eigenvalue weighted by Gasteiger charge is -2.21. The van der Waals surface area contributed by atoms with Crippen LogP contribution in [0.15, 0.2) is 29.2 Å². The molecular formula is C14H20N2O4S. The number of carbonyl (C=O) groups excluding carboxylic acids is 1. The Morgan fingerprint density at radius 1 is 1.24 bits per heavy atom. The zero-order chi connectivity index (χ0) is 15.3. The number of rotatable bonds is 5. The van der Waals surface area contributed by atoms with E-state index in [1.807, 2.05) is 0 Å². The highest BCUT2D eigenvalue weighted by molar-refractivity contribution is 7.89. The number of nitrogens with one attached hydrogen (secondary N) is 1. The quantitative estimate of drug-likeness (QED) is 0.860. The van der Waals surface area contributed by atoms with Crippen molar-refractivity contribution in [1.29, 1.82) is 0 Å². The maximum Gasteiger partial charge on any atom is 0.238 e. The third kappa shape index (κ3) is 5.11. The van der Waals surface area contributed by atoms with Crippen LogP contribution in [0.25, 0.3) is 0 Å². The van der Waals surface area contributed by atoms with Crippen molar-refractivity contribution >= 4 is 21.6 Å². The molecule has 1 amide bonds. The molecule has 21 heavy (non-hydrogen) atoms. The fraction of sp³-hybridized carbons (Fsp3) is 0.500. The summed E-state index contributed by atoms with van der Waals surface area (Å²) in [5.74, 6) is 0.485. The Labute approximate surface area is 124 Å². The molecule has 1 heterocycles. The molecule has 0 radical (unpaired) electrons. The fourth-order valence-corrected chi connectivity index (χ4v) is 2.84. The number of benzene rings is 1. The number of primary sulfonamides is 1. The van der Waals surface area contributed by atoms with Crippen LogP contribution < -0.4 is 10.5 Å². The summed E-state index contributed by atoms with van der Waals surface area (Å²) in [7, 11) is -3.70. The lowest BCUT2D eigenvalue weighted by atomic mass is 9.95. The van der Waals surface area contributed by atoms with Crippen molar-refractivity contribution in [3.05, 3.63) is 24.3 Å². The van der Waals surface area contributed by atoms with E-state index in [-0.39, 0.29) is 10.8 Å². The molecule has 0 unspecified atom stereocenters. The highest BCUT2D eigenvalue weighted by Crippen LogP contribution is 2.20. The van der Waals surface area contributed by atoms with Crippen molar-refractivity contribution in [2.24, 2.45) is 11.1 Å². The van der Waals surface area contributed by atoms with Gasteiger partial charge in [-0.3, -0.25) is 4.79 Å². The summed E-state index contributed by atoms with van der Waals surface area (Å²) >= 11 is 0. The molecule has 0 bridgehead atoms. The largest absolute Gasteiger partial charge is 0.381 e. The van der Waals surface area contributed by atoms with Gasteiger partial charge in [0.1, 0.15) is 0 Å². The van der Waals surface area contributed by atoms with E-state index in [0.29, 0.717) is 18.0 Å². The lowest BCUT2D eigenvalue weighted by molar-refractivity contribution is -0.116. The van der Waals surface area contributed by atoms with Gasteiger partial charge < -0.3 is 10.1 Å². The summed E-state index contributed by atoms with van der Waals surface area (Å²) in [5.41, 5.74) is 0.569. The van der Waals surface area contributed by atoms with Gasteiger partial charge in [0, 0.05) is 25.3 Å². The summed E-state index contributed by atoms with van der Waals surface area (Å²) < 4.78 is 27.5. The molecule has 0 spiro atoms. The zero-order valence-electron chi connectivity index (χ0n) is 11.7. The number of anilines is 1. The van der Waals surface area contributed by atoms with Crippen molar-refractivity contribution in [3.8, 4) is 0 Å². The Hall–Kier alpha value is -1.44. The van der Waals surface area contributed by atoms with Crippen LogP contribution in [0.2, 0.25) is 0 Å². The van der Waals surface area contributed by atoms with Gasteiger partial charge in [-0.25, -0.2) is 13.6 Å². The molecule has 0 aliphatic carbocycles. The molecule has 3 N–H and O–H groups in total. The van der Waals surface area contributed by atoms with Crippen LogP contribution in [0.1, 0.15) is 25.7 Å². The van der Waals surface area contributed by atoms with Gasteiger partial charge in [0.05, 0.1) is 4.90 Å². The standard InChI is InChI=1S/C14H20N2O4S/c15-21(18,19)13-4-2-12(3-5-13)16-14(17)6-1-11-7-9-20-10-8-11/h2-5,11H,1,6-10H2,(H,16,17)(H2,15,18,19). The number of sulfonamides is 1. The minimum atomic E-state index is -3.70. The van der Waals surface area contributed by atoms with Gasteiger partial charge in [0.15, 0.2) is 0 Å². The van der Waals surface area contributed by atoms with Gasteiger partial charge in [0.25, 0.3) is 0 Å². The first kappa shape index (κ1) is 15.9. The van der Waals surface area contributed by atoms with E-state index in [1.54, 1.807) is 0 Å². The van der Waals surface area contributed by atoms with E-state index in [9.17, 15) is 13.2 Å². The zero-order valence-corrected chi connectivity index (χ0v) is 12.6. The smallest absolute Gasteiger partial charge is 0.238 e. The summed E-state index contributed by atoms with van der Waals surface area (Å²) in [6, 6.07) is 5.82. The summed E-state index contributed by atoms with van der Waals surface area (Å²) in [6.45, 7) is 1.56. The minimum Gasteiger partial charge on any atom is -0.381 e. The first-order chi connectivity index (χ1) is 9.95. The molecule has 1 saturated heterocycles. The van der Waals surface area contributed by atoms with E-state index in [1.165, 1.54) is 24.3 Å². The lowest BCUT2D eigenvalue weighted by Crippen LogP contribution is -2.19. The molecule has 6 nitrogen and oxygen atoms in total. The van der Waals surface area contributed by atoms with Crippen molar-refractivity contribution in [1.82, 2.24) is 0 Å². The van der Waals surface area contributed by atoms with Crippen LogP contribution >= 0.6 is 0 Å². The SMILES string of the molecule is NS(=O)(=O)c1ccc(NC(=O)CCC2CCOCC2)cc1. The molecule has 1 aromatic rings. The number of ether oxygens (including phenoxy) is 1. The molecular weight excluding hydrogens is 292 g/mol. The third-order valence-electron chi connectivity index (χ3n) is 3.59. The molecule has 116 valence electrons. The van der Waals surface area contributed by atoms with E-state index in [0.717, 1.165) is 32.5 Å². The highest BCUT2D eigenvalue weighted by atomic mass is 32.2. The van der Waals surface area contributed by atoms with Gasteiger partial charge in [0.2, 0.25) is 15.9 Å². The Bertz CT molecular complexity index is 577. The molecule has 0 saturated carbocycles. The molecule has 1 aliphatic rings. The predicted octanol–water partition coefficient (Wildman–Crippen LogP) is 1.48. The van der Waals surface area contributed by atoms with Gasteiger partial charge >= 0.3 is 0 Å². The van der Waals surface area contributed by atoms with Crippen LogP contribution in [0.3, 0.4) is 0 Å². The van der Waals surface area contributed by atoms with E-state index < -0.39 is 10.0 Å². The van der Waals surface area contributed by atoms with Crippen LogP contribution in [0.5, 0.6) is 0 Å².